The van der Waals surface area contributed by atoms with E-state index < -0.39 is 0 Å². The summed E-state index contributed by atoms with van der Waals surface area (Å²) in [5, 5.41) is 3.39. The first-order valence-electron chi connectivity index (χ1n) is 6.36. The molecule has 21 heavy (non-hydrogen) atoms. The van der Waals surface area contributed by atoms with Crippen LogP contribution < -0.4 is 11.1 Å². The minimum Gasteiger partial charge on any atom is -0.397 e. The molecule has 1 aromatic carbocycles. The molecule has 2 aromatic heterocycles. The molecule has 2 heterocycles. The number of nitrogens with one attached hydrogen (secondary N) is 1. The number of fused-ring (bicyclic) bond motifs is 1. The first-order chi connectivity index (χ1) is 10.1. The molecule has 0 saturated carbocycles. The van der Waals surface area contributed by atoms with Gasteiger partial charge in [-0.15, -0.1) is 11.3 Å². The van der Waals surface area contributed by atoms with E-state index in [1.807, 2.05) is 10.8 Å². The normalized spacial score (nSPS) is 10.9. The first kappa shape index (κ1) is 13.6. The lowest BCUT2D eigenvalue weighted by Gasteiger charge is -2.05. The summed E-state index contributed by atoms with van der Waals surface area (Å²) in [4.78, 5) is 16.5. The van der Waals surface area contributed by atoms with Gasteiger partial charge in [-0.1, -0.05) is 0 Å². The molecule has 1 amide bonds. The zero-order chi connectivity index (χ0) is 14.8. The molecular weight excluding hydrogens is 291 g/mol. The molecule has 0 atom stereocenters. The molecule has 0 fully saturated rings. The number of aromatic nitrogens is 2. The number of benzene rings is 1. The van der Waals surface area contributed by atoms with Crippen LogP contribution >= 0.6 is 11.3 Å². The standard InChI is InChI=1S/C14H13FN4OS/c15-9-1-2-11-10(7-9)12(16)13(21-11)14(20)18-4-6-19-5-3-17-8-19/h1-3,5,7-8H,4,6,16H2,(H,18,20). The van der Waals surface area contributed by atoms with Gasteiger partial charge in [-0.25, -0.2) is 9.37 Å². The summed E-state index contributed by atoms with van der Waals surface area (Å²) >= 11 is 1.27. The van der Waals surface area contributed by atoms with Crippen molar-refractivity contribution >= 4 is 33.0 Å². The maximum atomic E-state index is 13.2. The third-order valence-corrected chi connectivity index (χ3v) is 4.29. The number of nitrogen functional groups attached to an aromatic ring is 1. The minimum atomic E-state index is -0.362. The highest BCUT2D eigenvalue weighted by Crippen LogP contribution is 2.33. The van der Waals surface area contributed by atoms with Crippen LogP contribution in [0.1, 0.15) is 9.67 Å². The Hall–Kier alpha value is -2.41. The van der Waals surface area contributed by atoms with Crippen molar-refractivity contribution in [2.45, 2.75) is 6.54 Å². The highest BCUT2D eigenvalue weighted by Gasteiger charge is 2.16. The van der Waals surface area contributed by atoms with E-state index in [9.17, 15) is 9.18 Å². The van der Waals surface area contributed by atoms with Crippen LogP contribution in [0.4, 0.5) is 10.1 Å². The van der Waals surface area contributed by atoms with Crippen molar-refractivity contribution in [3.63, 3.8) is 0 Å². The molecule has 3 aromatic rings. The zero-order valence-corrected chi connectivity index (χ0v) is 11.9. The fourth-order valence-electron chi connectivity index (χ4n) is 2.06. The second-order valence-corrected chi connectivity index (χ2v) is 5.59. The van der Waals surface area contributed by atoms with Crippen molar-refractivity contribution in [1.82, 2.24) is 14.9 Å². The molecule has 0 radical (unpaired) electrons. The Morgan fingerprint density at radius 3 is 3.10 bits per heavy atom. The van der Waals surface area contributed by atoms with Crippen LogP contribution in [-0.4, -0.2) is 22.0 Å². The number of anilines is 1. The van der Waals surface area contributed by atoms with Gasteiger partial charge in [-0.05, 0) is 18.2 Å². The topological polar surface area (TPSA) is 72.9 Å². The second kappa shape index (κ2) is 5.53. The Balaban J connectivity index is 1.73. The number of nitrogens with two attached hydrogens (primary N) is 1. The van der Waals surface area contributed by atoms with Gasteiger partial charge in [0.25, 0.3) is 5.91 Å². The van der Waals surface area contributed by atoms with Crippen molar-refractivity contribution in [2.24, 2.45) is 0 Å². The molecule has 0 unspecified atom stereocenters. The molecule has 0 spiro atoms. The van der Waals surface area contributed by atoms with E-state index in [-0.39, 0.29) is 11.7 Å². The van der Waals surface area contributed by atoms with Gasteiger partial charge in [0.05, 0.1) is 12.0 Å². The van der Waals surface area contributed by atoms with Crippen molar-refractivity contribution in [2.75, 3.05) is 12.3 Å². The Kier molecular flexibility index (Phi) is 3.57. The van der Waals surface area contributed by atoms with Crippen LogP contribution in [0.5, 0.6) is 0 Å². The maximum absolute atomic E-state index is 13.2. The van der Waals surface area contributed by atoms with Gasteiger partial charge in [0.1, 0.15) is 10.7 Å². The number of carbonyl (C=O) groups is 1. The monoisotopic (exact) mass is 304 g/mol. The quantitative estimate of drug-likeness (QED) is 0.776. The lowest BCUT2D eigenvalue weighted by molar-refractivity contribution is 0.0957. The van der Waals surface area contributed by atoms with E-state index in [1.165, 1.54) is 23.5 Å². The van der Waals surface area contributed by atoms with Crippen molar-refractivity contribution in [1.29, 1.82) is 0 Å². The predicted octanol–water partition coefficient (Wildman–Crippen LogP) is 2.25. The van der Waals surface area contributed by atoms with E-state index in [4.69, 9.17) is 5.73 Å². The Morgan fingerprint density at radius 2 is 2.33 bits per heavy atom. The van der Waals surface area contributed by atoms with Gasteiger partial charge < -0.3 is 15.6 Å². The number of halogens is 1. The van der Waals surface area contributed by atoms with Crippen LogP contribution in [0.25, 0.3) is 10.1 Å². The Morgan fingerprint density at radius 1 is 1.48 bits per heavy atom. The molecule has 0 bridgehead atoms. The summed E-state index contributed by atoms with van der Waals surface area (Å²) in [5.74, 6) is -0.603. The SMILES string of the molecule is Nc1c(C(=O)NCCn2ccnc2)sc2ccc(F)cc12. The van der Waals surface area contributed by atoms with Crippen molar-refractivity contribution in [3.05, 3.63) is 47.6 Å². The number of thiophene rings is 1. The summed E-state index contributed by atoms with van der Waals surface area (Å²) in [6.45, 7) is 1.10. The molecule has 3 rings (SSSR count). The van der Waals surface area contributed by atoms with E-state index in [2.05, 4.69) is 10.3 Å². The van der Waals surface area contributed by atoms with Crippen LogP contribution in [-0.2, 0) is 6.54 Å². The van der Waals surface area contributed by atoms with Gasteiger partial charge in [0.15, 0.2) is 0 Å². The molecule has 0 aliphatic rings. The Bertz CT molecular complexity index is 782. The first-order valence-corrected chi connectivity index (χ1v) is 7.18. The van der Waals surface area contributed by atoms with E-state index in [0.29, 0.717) is 29.0 Å². The number of amides is 1. The maximum Gasteiger partial charge on any atom is 0.263 e. The summed E-state index contributed by atoms with van der Waals surface area (Å²) in [7, 11) is 0. The lowest BCUT2D eigenvalue weighted by atomic mass is 10.2. The second-order valence-electron chi connectivity index (χ2n) is 4.54. The summed E-state index contributed by atoms with van der Waals surface area (Å²) in [6, 6.07) is 4.34. The highest BCUT2D eigenvalue weighted by atomic mass is 32.1. The molecule has 3 N–H and O–H groups in total. The largest absolute Gasteiger partial charge is 0.397 e. The average Bonchev–Trinajstić information content (AvgIpc) is 3.08. The fourth-order valence-corrected chi connectivity index (χ4v) is 3.08. The summed E-state index contributed by atoms with van der Waals surface area (Å²) in [6.07, 6.45) is 5.19. The van der Waals surface area contributed by atoms with Crippen LogP contribution in [0, 0.1) is 5.82 Å². The number of hydrogen-bond acceptors (Lipinski definition) is 4. The number of carbonyl (C=O) groups excluding carboxylic acids is 1. The molecule has 5 nitrogen and oxygen atoms in total. The summed E-state index contributed by atoms with van der Waals surface area (Å²) < 4.78 is 15.9. The molecule has 0 saturated heterocycles. The van der Waals surface area contributed by atoms with Crippen molar-refractivity contribution < 1.29 is 9.18 Å². The van der Waals surface area contributed by atoms with E-state index in [1.54, 1.807) is 18.6 Å². The zero-order valence-electron chi connectivity index (χ0n) is 11.0. The van der Waals surface area contributed by atoms with Gasteiger partial charge in [0.2, 0.25) is 0 Å². The van der Waals surface area contributed by atoms with Crippen LogP contribution in [0.2, 0.25) is 0 Å². The average molecular weight is 304 g/mol. The molecule has 108 valence electrons. The molecule has 0 aliphatic carbocycles. The predicted molar refractivity (Wildman–Crippen MR) is 80.8 cm³/mol. The highest BCUT2D eigenvalue weighted by molar-refractivity contribution is 7.21. The number of nitrogens with zero attached hydrogens (tertiary/aromatic N) is 2. The fraction of sp³-hybridized carbons (Fsp3) is 0.143. The smallest absolute Gasteiger partial charge is 0.263 e. The van der Waals surface area contributed by atoms with Crippen LogP contribution in [0.3, 0.4) is 0 Å². The number of imidazole rings is 1. The van der Waals surface area contributed by atoms with Gasteiger partial charge in [-0.3, -0.25) is 4.79 Å². The summed E-state index contributed by atoms with van der Waals surface area (Å²) in [5.41, 5.74) is 6.27. The third-order valence-electron chi connectivity index (χ3n) is 3.11. The lowest BCUT2D eigenvalue weighted by Crippen LogP contribution is -2.26. The van der Waals surface area contributed by atoms with Gasteiger partial charge in [-0.2, -0.15) is 0 Å². The van der Waals surface area contributed by atoms with E-state index >= 15 is 0 Å². The Labute approximate surface area is 124 Å². The number of rotatable bonds is 4. The van der Waals surface area contributed by atoms with Gasteiger partial charge in [0, 0.05) is 35.6 Å². The molecule has 0 aliphatic heterocycles. The third kappa shape index (κ3) is 2.73. The van der Waals surface area contributed by atoms with Crippen molar-refractivity contribution in [3.8, 4) is 0 Å². The minimum absolute atomic E-state index is 0.241. The molecular formula is C14H13FN4OS. The molecule has 7 heteroatoms. The van der Waals surface area contributed by atoms with E-state index in [0.717, 1.165) is 4.70 Å². The number of hydrogen-bond donors (Lipinski definition) is 2. The van der Waals surface area contributed by atoms with Gasteiger partial charge >= 0.3 is 0 Å². The van der Waals surface area contributed by atoms with Crippen LogP contribution in [0.15, 0.2) is 36.9 Å².